The predicted molar refractivity (Wildman–Crippen MR) is 240 cm³/mol. The lowest BCUT2D eigenvalue weighted by atomic mass is 9.83. The number of carbonyl (C=O) groups is 5. The Kier molecular flexibility index (Phi) is 23.4. The first-order valence-electron chi connectivity index (χ1n) is 22.3. The van der Waals surface area contributed by atoms with E-state index < -0.39 is 36.2 Å². The van der Waals surface area contributed by atoms with Gasteiger partial charge in [-0.1, -0.05) is 61.7 Å². The fourth-order valence-corrected chi connectivity index (χ4v) is 8.17. The van der Waals surface area contributed by atoms with Crippen LogP contribution < -0.4 is 15.8 Å². The molecule has 0 spiro atoms. The van der Waals surface area contributed by atoms with Crippen molar-refractivity contribution >= 4 is 41.0 Å². The standard InChI is InChI=1S/C44H61N5O10S.C2HF3O2/c1-32(48(2)44(53)59-30-33-11-5-3-6-12-33)41(51)47-39(34-13-7-4-8-14-34)43(52)49-19-10-17-38(49)42-46-37(31-60-42)40(50)35-15-9-16-36(29-35)58-28-27-57-26-25-56-24-23-55-22-21-54-20-18-45;3-2(4,5)1(6)7/h3,5-6,9,11-12,15-16,29,31-32,34,38-39H,4,7-8,10,13-14,17-28,30,45H2,1-2H3,(H,47,51);(H,6,7)/t32-,38-,39-;/m0./s1. The number of thiazole rings is 1. The van der Waals surface area contributed by atoms with E-state index in [1.54, 1.807) is 36.6 Å². The van der Waals surface area contributed by atoms with Crippen molar-refractivity contribution in [1.82, 2.24) is 20.1 Å². The molecule has 3 amide bonds. The minimum Gasteiger partial charge on any atom is -0.491 e. The topological polar surface area (TPSA) is 218 Å². The molecule has 1 saturated heterocycles. The number of alkyl halides is 3. The van der Waals surface area contributed by atoms with Crippen LogP contribution in [0.25, 0.3) is 0 Å². The SMILES string of the molecule is C[C@@H](C(=O)N[C@H](C(=O)N1CCC[C@H]1c1nc(C(=O)c2cccc(OCCOCCOCCOCCOCCN)c2)cs1)C1CCCCC1)N(C)C(=O)OCc1ccccc1.O=C(O)C(F)(F)F. The number of benzene rings is 2. The molecule has 1 aliphatic heterocycles. The van der Waals surface area contributed by atoms with E-state index in [-0.39, 0.29) is 30.3 Å². The highest BCUT2D eigenvalue weighted by atomic mass is 32.1. The summed E-state index contributed by atoms with van der Waals surface area (Å²) in [5.41, 5.74) is 6.95. The van der Waals surface area contributed by atoms with Gasteiger partial charge in [0.1, 0.15) is 41.7 Å². The average Bonchev–Trinajstić information content (AvgIpc) is 4.03. The smallest absolute Gasteiger partial charge is 0.490 e. The zero-order valence-electron chi connectivity index (χ0n) is 37.9. The molecule has 5 rings (SSSR count). The summed E-state index contributed by atoms with van der Waals surface area (Å²) < 4.78 is 64.8. The minimum absolute atomic E-state index is 0.0311. The highest BCUT2D eigenvalue weighted by molar-refractivity contribution is 7.10. The third kappa shape index (κ3) is 18.4. The van der Waals surface area contributed by atoms with Crippen molar-refractivity contribution in [1.29, 1.82) is 0 Å². The first-order chi connectivity index (χ1) is 32.2. The van der Waals surface area contributed by atoms with Crippen LogP contribution in [0.5, 0.6) is 5.75 Å². The van der Waals surface area contributed by atoms with Crippen molar-refractivity contribution in [3.63, 3.8) is 0 Å². The van der Waals surface area contributed by atoms with Gasteiger partial charge in [0, 0.05) is 31.1 Å². The number of likely N-dealkylation sites (tertiary alicyclic amines) is 1. The summed E-state index contributed by atoms with van der Waals surface area (Å²) in [5, 5.41) is 12.6. The van der Waals surface area contributed by atoms with E-state index in [1.165, 1.54) is 23.3 Å². The molecule has 2 fully saturated rings. The molecule has 4 N–H and O–H groups in total. The van der Waals surface area contributed by atoms with Crippen LogP contribution in [-0.4, -0.2) is 147 Å². The van der Waals surface area contributed by atoms with Crippen molar-refractivity contribution < 1.29 is 70.7 Å². The van der Waals surface area contributed by atoms with Gasteiger partial charge in [-0.3, -0.25) is 19.3 Å². The van der Waals surface area contributed by atoms with E-state index in [9.17, 15) is 32.3 Å². The molecule has 0 bridgehead atoms. The third-order valence-corrected chi connectivity index (χ3v) is 11.9. The van der Waals surface area contributed by atoms with Crippen LogP contribution in [0.2, 0.25) is 0 Å². The number of amides is 3. The second kappa shape index (κ2) is 28.9. The van der Waals surface area contributed by atoms with E-state index in [4.69, 9.17) is 49.0 Å². The van der Waals surface area contributed by atoms with E-state index in [1.807, 2.05) is 35.2 Å². The molecule has 0 unspecified atom stereocenters. The summed E-state index contributed by atoms with van der Waals surface area (Å²) in [5.74, 6) is -3.07. The van der Waals surface area contributed by atoms with Crippen molar-refractivity contribution in [3.8, 4) is 5.75 Å². The van der Waals surface area contributed by atoms with Gasteiger partial charge in [0.15, 0.2) is 0 Å². The summed E-state index contributed by atoms with van der Waals surface area (Å²) >= 11 is 1.36. The van der Waals surface area contributed by atoms with Gasteiger partial charge in [-0.2, -0.15) is 13.2 Å². The van der Waals surface area contributed by atoms with Crippen LogP contribution >= 0.6 is 11.3 Å². The van der Waals surface area contributed by atoms with Crippen LogP contribution in [0, 0.1) is 5.92 Å². The second-order valence-electron chi connectivity index (χ2n) is 15.7. The third-order valence-electron chi connectivity index (χ3n) is 10.9. The van der Waals surface area contributed by atoms with Gasteiger partial charge in [0.25, 0.3) is 0 Å². The van der Waals surface area contributed by atoms with Gasteiger partial charge in [0.2, 0.25) is 17.6 Å². The van der Waals surface area contributed by atoms with Crippen molar-refractivity contribution in [2.24, 2.45) is 11.7 Å². The molecule has 1 aromatic heterocycles. The molecular weight excluding hydrogens is 904 g/mol. The lowest BCUT2D eigenvalue weighted by molar-refractivity contribution is -0.192. The Morgan fingerprint density at radius 1 is 0.866 bits per heavy atom. The number of nitrogens with zero attached hydrogens (tertiary/aromatic N) is 3. The van der Waals surface area contributed by atoms with Gasteiger partial charge in [0.05, 0.1) is 58.9 Å². The van der Waals surface area contributed by atoms with Gasteiger partial charge in [-0.15, -0.1) is 11.3 Å². The number of likely N-dealkylation sites (N-methyl/N-ethyl adjacent to an activating group) is 1. The molecule has 67 heavy (non-hydrogen) atoms. The number of aromatic nitrogens is 1. The van der Waals surface area contributed by atoms with Crippen LogP contribution in [-0.2, 0) is 44.7 Å². The number of ketones is 1. The van der Waals surface area contributed by atoms with E-state index >= 15 is 0 Å². The fraction of sp³-hybridized carbons (Fsp3) is 0.565. The quantitative estimate of drug-likeness (QED) is 0.0676. The molecule has 2 heterocycles. The van der Waals surface area contributed by atoms with Crippen LogP contribution in [0.15, 0.2) is 60.0 Å². The van der Waals surface area contributed by atoms with E-state index in [2.05, 4.69) is 5.32 Å². The summed E-state index contributed by atoms with van der Waals surface area (Å²) in [7, 11) is 1.52. The van der Waals surface area contributed by atoms with Crippen molar-refractivity contribution in [2.75, 3.05) is 79.6 Å². The summed E-state index contributed by atoms with van der Waals surface area (Å²) in [4.78, 5) is 71.4. The first-order valence-corrected chi connectivity index (χ1v) is 23.2. The zero-order chi connectivity index (χ0) is 48.6. The highest BCUT2D eigenvalue weighted by Crippen LogP contribution is 2.37. The fourth-order valence-electron chi connectivity index (χ4n) is 7.23. The Balaban J connectivity index is 0.00000129. The molecule has 3 aromatic rings. The molecule has 1 saturated carbocycles. The Morgan fingerprint density at radius 3 is 2.09 bits per heavy atom. The lowest BCUT2D eigenvalue weighted by Gasteiger charge is -2.35. The molecule has 17 nitrogen and oxygen atoms in total. The number of carboxylic acids is 1. The molecule has 0 radical (unpaired) electrons. The molecule has 370 valence electrons. The molecule has 21 heteroatoms. The number of carbonyl (C=O) groups excluding carboxylic acids is 4. The number of rotatable bonds is 25. The Hall–Kier alpha value is -5.19. The number of halogens is 3. The largest absolute Gasteiger partial charge is 0.491 e. The lowest BCUT2D eigenvalue weighted by Crippen LogP contribution is -2.56. The zero-order valence-corrected chi connectivity index (χ0v) is 38.7. The monoisotopic (exact) mass is 965 g/mol. The normalized spacial score (nSPS) is 16.0. The number of aliphatic carboxylic acids is 1. The molecule has 1 aliphatic carbocycles. The van der Waals surface area contributed by atoms with Crippen molar-refractivity contribution in [3.05, 3.63) is 81.8 Å². The van der Waals surface area contributed by atoms with Gasteiger partial charge >= 0.3 is 18.2 Å². The number of carboxylic acid groups (broad SMARTS) is 1. The Labute approximate surface area is 392 Å². The van der Waals surface area contributed by atoms with Crippen LogP contribution in [0.1, 0.15) is 84.5 Å². The number of nitrogens with one attached hydrogen (secondary N) is 1. The maximum atomic E-state index is 14.5. The summed E-state index contributed by atoms with van der Waals surface area (Å²) in [6.07, 6.45) is 0.452. The average molecular weight is 966 g/mol. The molecule has 3 atom stereocenters. The number of hydrogen-bond acceptors (Lipinski definition) is 14. The number of nitrogens with two attached hydrogens (primary N) is 1. The first kappa shape index (κ1) is 54.4. The molecular formula is C46H62F3N5O12S. The van der Waals surface area contributed by atoms with Gasteiger partial charge in [-0.25, -0.2) is 14.6 Å². The maximum Gasteiger partial charge on any atom is 0.490 e. The Morgan fingerprint density at radius 2 is 1.48 bits per heavy atom. The van der Waals surface area contributed by atoms with Crippen molar-refractivity contribution in [2.45, 2.75) is 82.8 Å². The summed E-state index contributed by atoms with van der Waals surface area (Å²) in [6.45, 7) is 6.71. The predicted octanol–water partition coefficient (Wildman–Crippen LogP) is 5.80. The molecule has 2 aromatic carbocycles. The molecule has 2 aliphatic rings. The van der Waals surface area contributed by atoms with Crippen LogP contribution in [0.3, 0.4) is 0 Å². The van der Waals surface area contributed by atoms with Gasteiger partial charge in [-0.05, 0) is 56.2 Å². The van der Waals surface area contributed by atoms with E-state index in [0.717, 1.165) is 44.1 Å². The second-order valence-corrected chi connectivity index (χ2v) is 16.6. The van der Waals surface area contributed by atoms with E-state index in [0.29, 0.717) is 101 Å². The minimum atomic E-state index is -5.08. The van der Waals surface area contributed by atoms with Crippen LogP contribution in [0.4, 0.5) is 18.0 Å². The number of hydrogen-bond donors (Lipinski definition) is 3. The Bertz CT molecular complexity index is 1990. The maximum absolute atomic E-state index is 14.5. The highest BCUT2D eigenvalue weighted by Gasteiger charge is 2.41. The summed E-state index contributed by atoms with van der Waals surface area (Å²) in [6, 6.07) is 14.4. The number of ether oxygens (including phenoxy) is 6. The van der Waals surface area contributed by atoms with Gasteiger partial charge < -0.3 is 49.5 Å².